The lowest BCUT2D eigenvalue weighted by atomic mass is 10.1. The summed E-state index contributed by atoms with van der Waals surface area (Å²) in [5, 5.41) is 3.52. The number of benzene rings is 1. The number of nitrogens with one attached hydrogen (secondary N) is 1. The van der Waals surface area contributed by atoms with E-state index in [1.807, 2.05) is 25.1 Å². The predicted octanol–water partition coefficient (Wildman–Crippen LogP) is 1.89. The topological polar surface area (TPSA) is 49.4 Å². The predicted molar refractivity (Wildman–Crippen MR) is 73.8 cm³/mol. The first-order valence-electron chi connectivity index (χ1n) is 6.27. The molecule has 1 fully saturated rings. The second-order valence-corrected chi connectivity index (χ2v) is 5.28. The van der Waals surface area contributed by atoms with E-state index >= 15 is 0 Å². The van der Waals surface area contributed by atoms with Crippen molar-refractivity contribution in [2.75, 3.05) is 7.05 Å². The first kappa shape index (κ1) is 13.9. The van der Waals surface area contributed by atoms with Crippen molar-refractivity contribution >= 4 is 23.4 Å². The van der Waals surface area contributed by atoms with E-state index in [4.69, 9.17) is 11.6 Å². The fourth-order valence-electron chi connectivity index (χ4n) is 2.24. The number of hydrogen-bond acceptors (Lipinski definition) is 2. The fourth-order valence-corrected chi connectivity index (χ4v) is 2.44. The fraction of sp³-hybridized carbons (Fsp3) is 0.429. The number of aryl methyl sites for hydroxylation is 1. The molecule has 1 heterocycles. The van der Waals surface area contributed by atoms with Gasteiger partial charge in [-0.2, -0.15) is 0 Å². The molecule has 0 spiro atoms. The van der Waals surface area contributed by atoms with Crippen LogP contribution in [-0.2, 0) is 16.1 Å². The van der Waals surface area contributed by atoms with Crippen LogP contribution in [0.25, 0.3) is 0 Å². The summed E-state index contributed by atoms with van der Waals surface area (Å²) in [5.41, 5.74) is 2.08. The van der Waals surface area contributed by atoms with Gasteiger partial charge in [-0.25, -0.2) is 0 Å². The van der Waals surface area contributed by atoms with Gasteiger partial charge in [-0.15, -0.1) is 0 Å². The highest BCUT2D eigenvalue weighted by Gasteiger charge is 2.32. The van der Waals surface area contributed by atoms with E-state index in [1.54, 1.807) is 7.05 Å². The summed E-state index contributed by atoms with van der Waals surface area (Å²) in [7, 11) is 1.67. The normalized spacial score (nSPS) is 18.8. The van der Waals surface area contributed by atoms with Crippen LogP contribution in [-0.4, -0.2) is 29.8 Å². The molecule has 1 atom stereocenters. The summed E-state index contributed by atoms with van der Waals surface area (Å²) < 4.78 is 0. The number of halogens is 1. The molecular weight excluding hydrogens is 264 g/mol. The average Bonchev–Trinajstić information content (AvgIpc) is 2.71. The summed E-state index contributed by atoms with van der Waals surface area (Å²) in [4.78, 5) is 24.9. The number of amides is 2. The molecule has 1 aromatic carbocycles. The van der Waals surface area contributed by atoms with Crippen molar-refractivity contribution in [2.24, 2.45) is 0 Å². The van der Waals surface area contributed by atoms with Crippen LogP contribution in [0.3, 0.4) is 0 Å². The maximum absolute atomic E-state index is 12.0. The zero-order valence-corrected chi connectivity index (χ0v) is 11.8. The molecule has 1 aromatic rings. The van der Waals surface area contributed by atoms with Crippen LogP contribution in [0, 0.1) is 6.92 Å². The molecule has 19 heavy (non-hydrogen) atoms. The van der Waals surface area contributed by atoms with Gasteiger partial charge in [-0.1, -0.05) is 17.7 Å². The molecule has 0 aliphatic carbocycles. The van der Waals surface area contributed by atoms with E-state index in [1.165, 1.54) is 4.90 Å². The van der Waals surface area contributed by atoms with Gasteiger partial charge in [0.25, 0.3) is 0 Å². The molecule has 2 rings (SSSR count). The van der Waals surface area contributed by atoms with Crippen molar-refractivity contribution in [3.8, 4) is 0 Å². The molecule has 0 radical (unpaired) electrons. The lowest BCUT2D eigenvalue weighted by Gasteiger charge is -2.19. The van der Waals surface area contributed by atoms with Crippen molar-refractivity contribution in [2.45, 2.75) is 32.4 Å². The molecule has 1 aliphatic rings. The molecule has 0 saturated carbocycles. The zero-order chi connectivity index (χ0) is 14.0. The van der Waals surface area contributed by atoms with Gasteiger partial charge < -0.3 is 10.2 Å². The third kappa shape index (κ3) is 3.07. The van der Waals surface area contributed by atoms with Crippen molar-refractivity contribution in [3.63, 3.8) is 0 Å². The summed E-state index contributed by atoms with van der Waals surface area (Å²) in [5.74, 6) is -0.0770. The van der Waals surface area contributed by atoms with Gasteiger partial charge in [0.2, 0.25) is 11.8 Å². The molecule has 1 saturated heterocycles. The smallest absolute Gasteiger partial charge is 0.243 e. The van der Waals surface area contributed by atoms with E-state index in [0.717, 1.165) is 11.1 Å². The SMILES string of the molecule is Cc1ccc(Cl)cc1CNC(=O)C1CCC(=O)N1C. The van der Waals surface area contributed by atoms with E-state index in [2.05, 4.69) is 5.32 Å². The van der Waals surface area contributed by atoms with Gasteiger partial charge in [0.1, 0.15) is 6.04 Å². The van der Waals surface area contributed by atoms with Gasteiger partial charge in [0.15, 0.2) is 0 Å². The summed E-state index contributed by atoms with van der Waals surface area (Å²) in [6.45, 7) is 2.41. The van der Waals surface area contributed by atoms with Crippen molar-refractivity contribution in [1.82, 2.24) is 10.2 Å². The molecule has 1 unspecified atom stereocenters. The number of likely N-dealkylation sites (N-methyl/N-ethyl adjacent to an activating group) is 1. The van der Waals surface area contributed by atoms with Crippen LogP contribution in [0.4, 0.5) is 0 Å². The van der Waals surface area contributed by atoms with Crippen LogP contribution in [0.2, 0.25) is 5.02 Å². The van der Waals surface area contributed by atoms with E-state index in [0.29, 0.717) is 24.4 Å². The summed E-state index contributed by atoms with van der Waals surface area (Å²) in [6, 6.07) is 5.26. The van der Waals surface area contributed by atoms with E-state index in [-0.39, 0.29) is 17.9 Å². The Labute approximate surface area is 117 Å². The Morgan fingerprint density at radius 1 is 1.53 bits per heavy atom. The van der Waals surface area contributed by atoms with Crippen LogP contribution in [0.1, 0.15) is 24.0 Å². The molecule has 2 amide bonds. The van der Waals surface area contributed by atoms with Crippen LogP contribution in [0.15, 0.2) is 18.2 Å². The standard InChI is InChI=1S/C14H17ClN2O2/c1-9-3-4-11(15)7-10(9)8-16-14(19)12-5-6-13(18)17(12)2/h3-4,7,12H,5-6,8H2,1-2H3,(H,16,19). The number of carbonyl (C=O) groups excluding carboxylic acids is 2. The van der Waals surface area contributed by atoms with Crippen LogP contribution >= 0.6 is 11.6 Å². The Morgan fingerprint density at radius 3 is 2.89 bits per heavy atom. The Bertz CT molecular complexity index is 516. The molecule has 0 aromatic heterocycles. The lowest BCUT2D eigenvalue weighted by molar-refractivity contribution is -0.133. The maximum Gasteiger partial charge on any atom is 0.243 e. The summed E-state index contributed by atoms with van der Waals surface area (Å²) >= 11 is 5.94. The highest BCUT2D eigenvalue weighted by molar-refractivity contribution is 6.30. The molecule has 102 valence electrons. The van der Waals surface area contributed by atoms with Gasteiger partial charge in [0, 0.05) is 25.0 Å². The number of nitrogens with zero attached hydrogens (tertiary/aromatic N) is 1. The first-order chi connectivity index (χ1) is 8.99. The Morgan fingerprint density at radius 2 is 2.26 bits per heavy atom. The van der Waals surface area contributed by atoms with Crippen molar-refractivity contribution in [1.29, 1.82) is 0 Å². The Kier molecular flexibility index (Phi) is 4.10. The second kappa shape index (κ2) is 5.61. The van der Waals surface area contributed by atoms with Crippen molar-refractivity contribution in [3.05, 3.63) is 34.3 Å². The monoisotopic (exact) mass is 280 g/mol. The molecule has 4 nitrogen and oxygen atoms in total. The molecule has 1 N–H and O–H groups in total. The average molecular weight is 281 g/mol. The first-order valence-corrected chi connectivity index (χ1v) is 6.65. The summed E-state index contributed by atoms with van der Waals surface area (Å²) in [6.07, 6.45) is 1.04. The number of rotatable bonds is 3. The van der Waals surface area contributed by atoms with Crippen LogP contribution in [0.5, 0.6) is 0 Å². The van der Waals surface area contributed by atoms with Gasteiger partial charge in [0.05, 0.1) is 0 Å². The van der Waals surface area contributed by atoms with Gasteiger partial charge in [-0.3, -0.25) is 9.59 Å². The number of carbonyl (C=O) groups is 2. The molecule has 5 heteroatoms. The Hall–Kier alpha value is -1.55. The van der Waals surface area contributed by atoms with Gasteiger partial charge >= 0.3 is 0 Å². The van der Waals surface area contributed by atoms with Crippen LogP contribution < -0.4 is 5.32 Å². The number of likely N-dealkylation sites (tertiary alicyclic amines) is 1. The zero-order valence-electron chi connectivity index (χ0n) is 11.1. The third-order valence-electron chi connectivity index (χ3n) is 3.56. The van der Waals surface area contributed by atoms with Gasteiger partial charge in [-0.05, 0) is 36.6 Å². The van der Waals surface area contributed by atoms with E-state index < -0.39 is 0 Å². The molecular formula is C14H17ClN2O2. The lowest BCUT2D eigenvalue weighted by Crippen LogP contribution is -2.42. The van der Waals surface area contributed by atoms with Crippen molar-refractivity contribution < 1.29 is 9.59 Å². The highest BCUT2D eigenvalue weighted by Crippen LogP contribution is 2.18. The second-order valence-electron chi connectivity index (χ2n) is 4.85. The minimum Gasteiger partial charge on any atom is -0.350 e. The number of hydrogen-bond donors (Lipinski definition) is 1. The molecule has 1 aliphatic heterocycles. The minimum absolute atomic E-state index is 0.0269. The highest BCUT2D eigenvalue weighted by atomic mass is 35.5. The Balaban J connectivity index is 1.97. The largest absolute Gasteiger partial charge is 0.350 e. The maximum atomic E-state index is 12.0. The third-order valence-corrected chi connectivity index (χ3v) is 3.79. The quantitative estimate of drug-likeness (QED) is 0.919. The minimum atomic E-state index is -0.341. The molecule has 0 bridgehead atoms. The van der Waals surface area contributed by atoms with E-state index in [9.17, 15) is 9.59 Å².